The van der Waals surface area contributed by atoms with Crippen LogP contribution in [-0.2, 0) is 0 Å². The smallest absolute Gasteiger partial charge is 0.123 e. The van der Waals surface area contributed by atoms with E-state index in [-0.39, 0.29) is 0 Å². The average Bonchev–Trinajstić information content (AvgIpc) is 3.53. The van der Waals surface area contributed by atoms with E-state index in [0.717, 1.165) is 37.9 Å². The van der Waals surface area contributed by atoms with Gasteiger partial charge in [0.15, 0.2) is 0 Å². The number of rotatable bonds is 3. The van der Waals surface area contributed by atoms with Crippen LogP contribution in [-0.4, -0.2) is 17.0 Å². The van der Waals surface area contributed by atoms with E-state index in [9.17, 15) is 0 Å². The van der Waals surface area contributed by atoms with E-state index >= 15 is 0 Å². The fourth-order valence-corrected chi connectivity index (χ4v) is 7.76. The van der Waals surface area contributed by atoms with Crippen LogP contribution in [0.4, 0.5) is 0 Å². The Bertz CT molecular complexity index is 1450. The number of hydrogen-bond donors (Lipinski definition) is 0. The summed E-state index contributed by atoms with van der Waals surface area (Å²) in [5, 5.41) is 0. The molecule has 190 valence electrons. The summed E-state index contributed by atoms with van der Waals surface area (Å²) in [7, 11) is 0. The first-order valence-corrected chi connectivity index (χ1v) is 14.6. The predicted molar refractivity (Wildman–Crippen MR) is 155 cm³/mol. The average molecular weight is 498 g/mol. The molecule has 0 bridgehead atoms. The van der Waals surface area contributed by atoms with Crippen molar-refractivity contribution < 1.29 is 4.74 Å². The molecule has 0 amide bonds. The van der Waals surface area contributed by atoms with E-state index in [0.29, 0.717) is 29.9 Å². The fraction of sp³-hybridized carbons (Fsp3) is 0.333. The van der Waals surface area contributed by atoms with Gasteiger partial charge >= 0.3 is 0 Å². The van der Waals surface area contributed by atoms with E-state index in [1.165, 1.54) is 40.8 Å². The summed E-state index contributed by atoms with van der Waals surface area (Å²) in [4.78, 5) is 2.73. The lowest BCUT2D eigenvalue weighted by molar-refractivity contribution is 0.204. The zero-order valence-corrected chi connectivity index (χ0v) is 21.9. The van der Waals surface area contributed by atoms with Gasteiger partial charge in [0.1, 0.15) is 11.9 Å². The van der Waals surface area contributed by atoms with Crippen LogP contribution < -0.4 is 4.74 Å². The van der Waals surface area contributed by atoms with E-state index in [1.54, 1.807) is 11.3 Å². The lowest BCUT2D eigenvalue weighted by atomic mass is 9.82. The van der Waals surface area contributed by atoms with Crippen LogP contribution in [0, 0.1) is 5.92 Å². The highest BCUT2D eigenvalue weighted by Gasteiger charge is 2.42. The second-order valence-electron chi connectivity index (χ2n) is 11.7. The minimum Gasteiger partial charge on any atom is -0.489 e. The van der Waals surface area contributed by atoms with Gasteiger partial charge < -0.3 is 9.64 Å². The number of allylic oxidation sites excluding steroid dienone is 8. The zero-order chi connectivity index (χ0) is 25.1. The molecule has 0 saturated heterocycles. The lowest BCUT2D eigenvalue weighted by Gasteiger charge is -2.36. The normalized spacial score (nSPS) is 30.7. The monoisotopic (exact) mass is 497 g/mol. The van der Waals surface area contributed by atoms with Crippen molar-refractivity contribution in [3.05, 3.63) is 131 Å². The maximum Gasteiger partial charge on any atom is 0.123 e. The summed E-state index contributed by atoms with van der Waals surface area (Å²) in [5.41, 5.74) is 10.2. The van der Waals surface area contributed by atoms with Gasteiger partial charge in [-0.15, -0.1) is 0 Å². The summed E-state index contributed by atoms with van der Waals surface area (Å²) < 4.78 is 6.31. The van der Waals surface area contributed by atoms with Crippen molar-refractivity contribution in [3.63, 3.8) is 0 Å². The molecule has 4 aliphatic carbocycles. The van der Waals surface area contributed by atoms with Gasteiger partial charge in [-0.3, -0.25) is 0 Å². The maximum atomic E-state index is 6.31. The highest BCUT2D eigenvalue weighted by Crippen LogP contribution is 2.50. The Kier molecular flexibility index (Phi) is 5.35. The van der Waals surface area contributed by atoms with E-state index in [2.05, 4.69) is 102 Å². The first-order valence-electron chi connectivity index (χ1n) is 14.6. The molecule has 2 aliphatic heterocycles. The molecule has 6 aliphatic rings. The minimum atomic E-state index is 0.327. The Morgan fingerprint density at radius 2 is 1.71 bits per heavy atom. The Morgan fingerprint density at radius 3 is 2.63 bits per heavy atom. The van der Waals surface area contributed by atoms with Gasteiger partial charge in [0.2, 0.25) is 0 Å². The number of nitrogens with zero attached hydrogens (tertiary/aromatic N) is 1. The Hall–Kier alpha value is -3.52. The molecule has 5 atom stereocenters. The van der Waals surface area contributed by atoms with Crippen molar-refractivity contribution >= 4 is 5.57 Å². The van der Waals surface area contributed by atoms with E-state index in [1.807, 2.05) is 0 Å². The number of hydrogen-bond acceptors (Lipinski definition) is 2. The SMILES string of the molecule is C1=CC2c3cc(C4=CC5=C(CC4)N(C4=CC(c6ccccc6)CC=C4)C4CCC=CC54)ccc3OC2CC1. The predicted octanol–water partition coefficient (Wildman–Crippen LogP) is 8.59. The standard InChI is InChI=1S/C36H35NO/c1-2-9-24(10-3-1)25-11-8-12-28(21-25)37-33-15-6-4-13-29(33)31-22-26(17-19-34(31)37)27-18-20-36-32(23-27)30-14-5-7-16-35(30)38-36/h1-5,8-10,12-14,18,20-23,25,29-30,33,35H,6-7,11,15-17,19H2. The molecular weight excluding hydrogens is 462 g/mol. The number of benzene rings is 2. The van der Waals surface area contributed by atoms with Crippen molar-refractivity contribution in [2.45, 2.75) is 68.9 Å². The molecule has 2 heteroatoms. The summed E-state index contributed by atoms with van der Waals surface area (Å²) in [5.74, 6) is 2.47. The summed E-state index contributed by atoms with van der Waals surface area (Å²) in [6.07, 6.45) is 27.8. The maximum absolute atomic E-state index is 6.31. The third kappa shape index (κ3) is 3.61. The molecule has 0 radical (unpaired) electrons. The van der Waals surface area contributed by atoms with Gasteiger partial charge in [-0.2, -0.15) is 0 Å². The van der Waals surface area contributed by atoms with Crippen LogP contribution in [0.5, 0.6) is 5.75 Å². The summed E-state index contributed by atoms with van der Waals surface area (Å²) >= 11 is 0. The molecule has 2 nitrogen and oxygen atoms in total. The second-order valence-corrected chi connectivity index (χ2v) is 11.7. The van der Waals surface area contributed by atoms with Crippen LogP contribution in [0.1, 0.15) is 73.5 Å². The van der Waals surface area contributed by atoms with Crippen molar-refractivity contribution in [1.82, 2.24) is 4.90 Å². The number of ether oxygens (including phenoxy) is 1. The van der Waals surface area contributed by atoms with Crippen LogP contribution >= 0.6 is 0 Å². The van der Waals surface area contributed by atoms with Crippen LogP contribution in [0.25, 0.3) is 5.57 Å². The molecule has 38 heavy (non-hydrogen) atoms. The van der Waals surface area contributed by atoms with Gasteiger partial charge in [-0.05, 0) is 85.4 Å². The Morgan fingerprint density at radius 1 is 0.842 bits per heavy atom. The second kappa shape index (κ2) is 9.05. The zero-order valence-electron chi connectivity index (χ0n) is 21.9. The van der Waals surface area contributed by atoms with Gasteiger partial charge in [0, 0.05) is 40.8 Å². The molecule has 2 aromatic carbocycles. The summed E-state index contributed by atoms with van der Waals surface area (Å²) in [6, 6.07) is 18.5. The van der Waals surface area contributed by atoms with Crippen molar-refractivity contribution in [2.75, 3.05) is 0 Å². The molecule has 0 aromatic heterocycles. The molecule has 8 rings (SSSR count). The van der Waals surface area contributed by atoms with Gasteiger partial charge in [0.05, 0.1) is 0 Å². The summed E-state index contributed by atoms with van der Waals surface area (Å²) in [6.45, 7) is 0. The quantitative estimate of drug-likeness (QED) is 0.394. The highest BCUT2D eigenvalue weighted by atomic mass is 16.5. The highest BCUT2D eigenvalue weighted by molar-refractivity contribution is 5.73. The van der Waals surface area contributed by atoms with Gasteiger partial charge in [-0.1, -0.05) is 78.9 Å². The van der Waals surface area contributed by atoms with Crippen LogP contribution in [0.15, 0.2) is 114 Å². The van der Waals surface area contributed by atoms with E-state index in [4.69, 9.17) is 4.74 Å². The van der Waals surface area contributed by atoms with Crippen molar-refractivity contribution in [1.29, 1.82) is 0 Å². The first kappa shape index (κ1) is 22.5. The number of fused-ring (bicyclic) bond motifs is 5. The topological polar surface area (TPSA) is 12.5 Å². The lowest BCUT2D eigenvalue weighted by Crippen LogP contribution is -2.34. The van der Waals surface area contributed by atoms with Crippen molar-refractivity contribution in [2.24, 2.45) is 5.92 Å². The molecule has 5 unspecified atom stereocenters. The Labute approximate surface area is 226 Å². The van der Waals surface area contributed by atoms with Crippen LogP contribution in [0.2, 0.25) is 0 Å². The van der Waals surface area contributed by atoms with E-state index < -0.39 is 0 Å². The third-order valence-corrected chi connectivity index (χ3v) is 9.60. The first-order chi connectivity index (χ1) is 18.8. The molecule has 2 aromatic rings. The van der Waals surface area contributed by atoms with Crippen LogP contribution in [0.3, 0.4) is 0 Å². The Balaban J connectivity index is 1.16. The largest absolute Gasteiger partial charge is 0.489 e. The van der Waals surface area contributed by atoms with Gasteiger partial charge in [-0.25, -0.2) is 0 Å². The molecule has 0 fully saturated rings. The fourth-order valence-electron chi connectivity index (χ4n) is 7.76. The van der Waals surface area contributed by atoms with Gasteiger partial charge in [0.25, 0.3) is 0 Å². The molecular formula is C36H35NO. The minimum absolute atomic E-state index is 0.327. The molecule has 0 saturated carbocycles. The molecule has 2 heterocycles. The third-order valence-electron chi connectivity index (χ3n) is 9.60. The molecule has 0 N–H and O–H groups in total. The molecule has 0 spiro atoms. The van der Waals surface area contributed by atoms with Crippen molar-refractivity contribution in [3.8, 4) is 5.75 Å².